The first-order chi connectivity index (χ1) is 8.78. The number of rotatable bonds is 7. The highest BCUT2D eigenvalue weighted by Gasteiger charge is 2.08. The number of hydrogen-bond donors (Lipinski definition) is 1. The van der Waals surface area contributed by atoms with E-state index in [1.165, 1.54) is 6.26 Å². The fraction of sp³-hybridized carbons (Fsp3) is 0.667. The molecule has 0 atom stereocenters. The van der Waals surface area contributed by atoms with Crippen LogP contribution < -0.4 is 10.2 Å². The molecule has 0 saturated carbocycles. The largest absolute Gasteiger partial charge is 0.357 e. The van der Waals surface area contributed by atoms with Crippen LogP contribution in [0.5, 0.6) is 0 Å². The molecule has 19 heavy (non-hydrogen) atoms. The maximum absolute atomic E-state index is 11.1. The van der Waals surface area contributed by atoms with E-state index in [0.717, 1.165) is 5.69 Å². The predicted octanol–water partition coefficient (Wildman–Crippen LogP) is 0.455. The minimum atomic E-state index is -2.95. The van der Waals surface area contributed by atoms with E-state index in [1.54, 1.807) is 24.3 Å². The molecule has 7 heteroatoms. The van der Waals surface area contributed by atoms with E-state index in [9.17, 15) is 8.42 Å². The number of sulfone groups is 1. The van der Waals surface area contributed by atoms with Gasteiger partial charge in [0, 0.05) is 32.4 Å². The average Bonchev–Trinajstić information content (AvgIpc) is 2.33. The first-order valence-electron chi connectivity index (χ1n) is 6.21. The number of aromatic nitrogens is 2. The Morgan fingerprint density at radius 1 is 1.32 bits per heavy atom. The SMILES string of the molecule is CC(C)NCc1cnc(N(C)CCS(C)(=O)=O)cn1. The van der Waals surface area contributed by atoms with Crippen LogP contribution >= 0.6 is 0 Å². The molecule has 0 aromatic carbocycles. The lowest BCUT2D eigenvalue weighted by Gasteiger charge is -2.17. The molecule has 0 saturated heterocycles. The van der Waals surface area contributed by atoms with Crippen molar-refractivity contribution in [2.24, 2.45) is 0 Å². The van der Waals surface area contributed by atoms with Crippen LogP contribution in [0.4, 0.5) is 5.82 Å². The summed E-state index contributed by atoms with van der Waals surface area (Å²) in [5.41, 5.74) is 0.869. The Bertz CT molecular complexity index is 485. The van der Waals surface area contributed by atoms with Gasteiger partial charge in [0.15, 0.2) is 0 Å². The van der Waals surface area contributed by atoms with Gasteiger partial charge in [-0.1, -0.05) is 13.8 Å². The van der Waals surface area contributed by atoms with Crippen LogP contribution in [0.2, 0.25) is 0 Å². The van der Waals surface area contributed by atoms with Crippen LogP contribution in [0.1, 0.15) is 19.5 Å². The molecule has 0 aliphatic rings. The molecule has 0 radical (unpaired) electrons. The molecule has 1 aromatic rings. The summed E-state index contributed by atoms with van der Waals surface area (Å²) in [6.45, 7) is 5.23. The lowest BCUT2D eigenvalue weighted by atomic mass is 10.3. The lowest BCUT2D eigenvalue weighted by Crippen LogP contribution is -2.26. The highest BCUT2D eigenvalue weighted by molar-refractivity contribution is 7.90. The molecule has 0 spiro atoms. The Morgan fingerprint density at radius 3 is 2.47 bits per heavy atom. The van der Waals surface area contributed by atoms with E-state index in [0.29, 0.717) is 24.9 Å². The molecule has 1 N–H and O–H groups in total. The zero-order valence-electron chi connectivity index (χ0n) is 11.9. The summed E-state index contributed by atoms with van der Waals surface area (Å²) < 4.78 is 22.2. The van der Waals surface area contributed by atoms with E-state index in [4.69, 9.17) is 0 Å². The fourth-order valence-corrected chi connectivity index (χ4v) is 1.97. The normalized spacial score (nSPS) is 11.8. The number of anilines is 1. The standard InChI is InChI=1S/C12H22N4O2S/c1-10(2)13-7-11-8-15-12(9-14-11)16(3)5-6-19(4,17)18/h8-10,13H,5-7H2,1-4H3. The Kier molecular flexibility index (Phi) is 5.68. The first-order valence-corrected chi connectivity index (χ1v) is 8.27. The summed E-state index contributed by atoms with van der Waals surface area (Å²) >= 11 is 0. The molecule has 6 nitrogen and oxygen atoms in total. The first kappa shape index (κ1) is 15.8. The quantitative estimate of drug-likeness (QED) is 0.784. The summed E-state index contributed by atoms with van der Waals surface area (Å²) in [6, 6.07) is 0.402. The third-order valence-corrected chi connectivity index (χ3v) is 3.50. The smallest absolute Gasteiger partial charge is 0.149 e. The summed E-state index contributed by atoms with van der Waals surface area (Å²) in [5.74, 6) is 0.791. The minimum Gasteiger partial charge on any atom is -0.357 e. The van der Waals surface area contributed by atoms with Crippen molar-refractivity contribution >= 4 is 15.7 Å². The van der Waals surface area contributed by atoms with Gasteiger partial charge in [0.05, 0.1) is 23.8 Å². The zero-order valence-corrected chi connectivity index (χ0v) is 12.7. The van der Waals surface area contributed by atoms with Gasteiger partial charge in [-0.25, -0.2) is 13.4 Å². The van der Waals surface area contributed by atoms with Crippen molar-refractivity contribution in [3.8, 4) is 0 Å². The second-order valence-corrected chi connectivity index (χ2v) is 7.21. The van der Waals surface area contributed by atoms with Crippen LogP contribution in [0.25, 0.3) is 0 Å². The van der Waals surface area contributed by atoms with Crippen molar-refractivity contribution in [2.75, 3.05) is 30.5 Å². The summed E-state index contributed by atoms with van der Waals surface area (Å²) in [6.07, 6.45) is 4.61. The lowest BCUT2D eigenvalue weighted by molar-refractivity contribution is 0.580. The number of nitrogens with one attached hydrogen (secondary N) is 1. The summed E-state index contributed by atoms with van der Waals surface area (Å²) in [5, 5.41) is 3.26. The molecule has 0 amide bonds. The molecule has 1 aromatic heterocycles. The van der Waals surface area contributed by atoms with Gasteiger partial charge in [-0.05, 0) is 0 Å². The van der Waals surface area contributed by atoms with Crippen molar-refractivity contribution in [1.82, 2.24) is 15.3 Å². The van der Waals surface area contributed by atoms with Crippen molar-refractivity contribution in [3.63, 3.8) is 0 Å². The predicted molar refractivity (Wildman–Crippen MR) is 77.0 cm³/mol. The Balaban J connectivity index is 2.55. The van der Waals surface area contributed by atoms with E-state index < -0.39 is 9.84 Å². The molecule has 1 heterocycles. The average molecular weight is 286 g/mol. The van der Waals surface area contributed by atoms with Gasteiger partial charge < -0.3 is 10.2 Å². The summed E-state index contributed by atoms with van der Waals surface area (Å²) in [4.78, 5) is 10.4. The molecular formula is C12H22N4O2S. The Morgan fingerprint density at radius 2 is 2.00 bits per heavy atom. The Hall–Kier alpha value is -1.21. The molecule has 0 aliphatic carbocycles. The minimum absolute atomic E-state index is 0.113. The molecule has 0 aliphatic heterocycles. The van der Waals surface area contributed by atoms with Crippen LogP contribution in [0.15, 0.2) is 12.4 Å². The van der Waals surface area contributed by atoms with Crippen molar-refractivity contribution in [3.05, 3.63) is 18.1 Å². The third-order valence-electron chi connectivity index (χ3n) is 2.57. The third kappa shape index (κ3) is 6.49. The monoisotopic (exact) mass is 286 g/mol. The zero-order chi connectivity index (χ0) is 14.5. The molecule has 1 rings (SSSR count). The van der Waals surface area contributed by atoms with Crippen LogP contribution in [0, 0.1) is 0 Å². The van der Waals surface area contributed by atoms with Gasteiger partial charge in [0.1, 0.15) is 15.7 Å². The van der Waals surface area contributed by atoms with Gasteiger partial charge in [0.25, 0.3) is 0 Å². The van der Waals surface area contributed by atoms with Crippen molar-refractivity contribution in [2.45, 2.75) is 26.4 Å². The van der Waals surface area contributed by atoms with Gasteiger partial charge in [-0.2, -0.15) is 0 Å². The van der Waals surface area contributed by atoms with E-state index >= 15 is 0 Å². The van der Waals surface area contributed by atoms with E-state index in [2.05, 4.69) is 29.1 Å². The van der Waals surface area contributed by atoms with Crippen molar-refractivity contribution < 1.29 is 8.42 Å². The number of hydrogen-bond acceptors (Lipinski definition) is 6. The van der Waals surface area contributed by atoms with Crippen LogP contribution in [-0.4, -0.2) is 50.0 Å². The fourth-order valence-electron chi connectivity index (χ4n) is 1.36. The Labute approximate surface area is 115 Å². The molecular weight excluding hydrogens is 264 g/mol. The van der Waals surface area contributed by atoms with Gasteiger partial charge >= 0.3 is 0 Å². The van der Waals surface area contributed by atoms with Gasteiger partial charge in [-0.15, -0.1) is 0 Å². The topological polar surface area (TPSA) is 75.2 Å². The highest BCUT2D eigenvalue weighted by Crippen LogP contribution is 2.06. The maximum atomic E-state index is 11.1. The second kappa shape index (κ2) is 6.81. The summed E-state index contributed by atoms with van der Waals surface area (Å²) in [7, 11) is -1.15. The van der Waals surface area contributed by atoms with E-state index in [-0.39, 0.29) is 5.75 Å². The van der Waals surface area contributed by atoms with Gasteiger partial charge in [0.2, 0.25) is 0 Å². The number of nitrogens with zero attached hydrogens (tertiary/aromatic N) is 3. The molecule has 0 bridgehead atoms. The molecule has 0 fully saturated rings. The second-order valence-electron chi connectivity index (χ2n) is 4.95. The molecule has 0 unspecified atom stereocenters. The molecule has 108 valence electrons. The van der Waals surface area contributed by atoms with Gasteiger partial charge in [-0.3, -0.25) is 4.98 Å². The van der Waals surface area contributed by atoms with E-state index in [1.807, 2.05) is 0 Å². The van der Waals surface area contributed by atoms with Crippen LogP contribution in [-0.2, 0) is 16.4 Å². The maximum Gasteiger partial charge on any atom is 0.149 e. The van der Waals surface area contributed by atoms with Crippen LogP contribution in [0.3, 0.4) is 0 Å². The van der Waals surface area contributed by atoms with Crippen molar-refractivity contribution in [1.29, 1.82) is 0 Å². The highest BCUT2D eigenvalue weighted by atomic mass is 32.2.